The molecule has 0 fully saturated rings. The van der Waals surface area contributed by atoms with E-state index in [0.717, 1.165) is 12.4 Å². The lowest BCUT2D eigenvalue weighted by Crippen LogP contribution is -2.29. The Morgan fingerprint density at radius 2 is 2.04 bits per heavy atom. The number of nitrogens with zero attached hydrogens (tertiary/aromatic N) is 3. The third kappa shape index (κ3) is 4.63. The second-order valence-corrected chi connectivity index (χ2v) is 4.44. The highest BCUT2D eigenvalue weighted by Gasteiger charge is 2.07. The Bertz CT molecular complexity index is 690. The molecule has 120 valence electrons. The molecule has 1 aromatic heterocycles. The van der Waals surface area contributed by atoms with E-state index in [4.69, 9.17) is 4.74 Å². The van der Waals surface area contributed by atoms with E-state index in [2.05, 4.69) is 20.6 Å². The molecule has 0 atom stereocenters. The van der Waals surface area contributed by atoms with Crippen LogP contribution in [0.15, 0.2) is 36.7 Å². The second-order valence-electron chi connectivity index (χ2n) is 4.44. The molecular formula is C14H15N5O4. The monoisotopic (exact) mass is 317 g/mol. The number of aromatic nitrogens is 2. The van der Waals surface area contributed by atoms with Gasteiger partial charge in [-0.2, -0.15) is 0 Å². The summed E-state index contributed by atoms with van der Waals surface area (Å²) < 4.78 is 5.06. The van der Waals surface area contributed by atoms with Crippen LogP contribution in [-0.2, 0) is 0 Å². The summed E-state index contributed by atoms with van der Waals surface area (Å²) in [5.41, 5.74) is 0.317. The normalized spacial score (nSPS) is 9.96. The van der Waals surface area contributed by atoms with Crippen LogP contribution in [0.3, 0.4) is 0 Å². The van der Waals surface area contributed by atoms with Gasteiger partial charge in [0.1, 0.15) is 18.1 Å². The lowest BCUT2D eigenvalue weighted by molar-refractivity contribution is -0.385. The topological polar surface area (TPSA) is 119 Å². The van der Waals surface area contributed by atoms with Crippen molar-refractivity contribution in [3.63, 3.8) is 0 Å². The summed E-state index contributed by atoms with van der Waals surface area (Å²) in [6.45, 7) is 0.726. The fourth-order valence-electron chi connectivity index (χ4n) is 1.72. The predicted octanol–water partition coefficient (Wildman–Crippen LogP) is 1.24. The number of hydrogen-bond acceptors (Lipinski definition) is 7. The third-order valence-corrected chi connectivity index (χ3v) is 2.87. The Balaban J connectivity index is 1.78. The van der Waals surface area contributed by atoms with E-state index in [-0.39, 0.29) is 17.5 Å². The van der Waals surface area contributed by atoms with Crippen molar-refractivity contribution >= 4 is 17.5 Å². The largest absolute Gasteiger partial charge is 0.497 e. The van der Waals surface area contributed by atoms with Gasteiger partial charge in [-0.3, -0.25) is 14.9 Å². The van der Waals surface area contributed by atoms with E-state index in [9.17, 15) is 14.9 Å². The summed E-state index contributed by atoms with van der Waals surface area (Å²) in [6, 6.07) is 6.81. The van der Waals surface area contributed by atoms with Crippen LogP contribution in [0.5, 0.6) is 5.75 Å². The van der Waals surface area contributed by atoms with Gasteiger partial charge in [-0.15, -0.1) is 0 Å². The summed E-state index contributed by atoms with van der Waals surface area (Å²) in [4.78, 5) is 29.5. The summed E-state index contributed by atoms with van der Waals surface area (Å²) in [6.07, 6.45) is 2.23. The van der Waals surface area contributed by atoms with Crippen LogP contribution in [0.4, 0.5) is 11.6 Å². The Morgan fingerprint density at radius 1 is 1.30 bits per heavy atom. The number of ether oxygens (including phenoxy) is 1. The van der Waals surface area contributed by atoms with Gasteiger partial charge in [0.15, 0.2) is 0 Å². The molecule has 2 aromatic rings. The van der Waals surface area contributed by atoms with Gasteiger partial charge in [-0.25, -0.2) is 9.97 Å². The molecule has 23 heavy (non-hydrogen) atoms. The van der Waals surface area contributed by atoms with Gasteiger partial charge >= 0.3 is 5.69 Å². The smallest absolute Gasteiger partial charge is 0.305 e. The lowest BCUT2D eigenvalue weighted by Gasteiger charge is -2.07. The maximum Gasteiger partial charge on any atom is 0.305 e. The number of carbonyl (C=O) groups is 1. The van der Waals surface area contributed by atoms with Crippen LogP contribution in [0.2, 0.25) is 0 Å². The van der Waals surface area contributed by atoms with Gasteiger partial charge in [0.2, 0.25) is 5.95 Å². The zero-order valence-corrected chi connectivity index (χ0v) is 12.4. The van der Waals surface area contributed by atoms with Crippen LogP contribution >= 0.6 is 0 Å². The molecule has 9 heteroatoms. The van der Waals surface area contributed by atoms with E-state index in [1.165, 1.54) is 7.11 Å². The van der Waals surface area contributed by atoms with Crippen molar-refractivity contribution < 1.29 is 14.5 Å². The van der Waals surface area contributed by atoms with Crippen molar-refractivity contribution in [1.82, 2.24) is 15.3 Å². The van der Waals surface area contributed by atoms with E-state index in [1.807, 2.05) is 0 Å². The molecule has 0 unspecified atom stereocenters. The van der Waals surface area contributed by atoms with Gasteiger partial charge < -0.3 is 15.4 Å². The Morgan fingerprint density at radius 3 is 2.70 bits per heavy atom. The van der Waals surface area contributed by atoms with Gasteiger partial charge in [-0.1, -0.05) is 6.07 Å². The maximum absolute atomic E-state index is 11.9. The van der Waals surface area contributed by atoms with E-state index in [0.29, 0.717) is 24.4 Å². The highest BCUT2D eigenvalue weighted by molar-refractivity contribution is 5.94. The van der Waals surface area contributed by atoms with Crippen LogP contribution in [0.1, 0.15) is 10.4 Å². The number of rotatable bonds is 7. The number of benzene rings is 1. The zero-order valence-electron chi connectivity index (χ0n) is 12.4. The van der Waals surface area contributed by atoms with Crippen molar-refractivity contribution in [3.8, 4) is 5.75 Å². The molecule has 9 nitrogen and oxygen atoms in total. The Hall–Kier alpha value is -3.23. The van der Waals surface area contributed by atoms with E-state index >= 15 is 0 Å². The first-order chi connectivity index (χ1) is 11.1. The average Bonchev–Trinajstić information content (AvgIpc) is 2.59. The molecular weight excluding hydrogens is 302 g/mol. The molecule has 0 aliphatic carbocycles. The molecule has 0 saturated heterocycles. The van der Waals surface area contributed by atoms with Crippen molar-refractivity contribution in [3.05, 3.63) is 52.3 Å². The molecule has 0 aliphatic heterocycles. The first kappa shape index (κ1) is 16.1. The van der Waals surface area contributed by atoms with Crippen molar-refractivity contribution in [2.24, 2.45) is 0 Å². The van der Waals surface area contributed by atoms with Crippen LogP contribution in [0.25, 0.3) is 0 Å². The quantitative estimate of drug-likeness (QED) is 0.448. The van der Waals surface area contributed by atoms with Crippen LogP contribution < -0.4 is 15.4 Å². The second kappa shape index (κ2) is 7.69. The molecule has 2 rings (SSSR count). The maximum atomic E-state index is 11.9. The number of anilines is 1. The molecule has 0 spiro atoms. The summed E-state index contributed by atoms with van der Waals surface area (Å²) in [7, 11) is 1.53. The molecule has 0 radical (unpaired) electrons. The highest BCUT2D eigenvalue weighted by Crippen LogP contribution is 2.12. The SMILES string of the molecule is COc1cccc(C(=O)NCCNc2ncc([N+](=O)[O-])cn2)c1. The predicted molar refractivity (Wildman–Crippen MR) is 82.5 cm³/mol. The molecule has 0 saturated carbocycles. The molecule has 1 aromatic carbocycles. The van der Waals surface area contributed by atoms with Crippen LogP contribution in [-0.4, -0.2) is 41.0 Å². The summed E-state index contributed by atoms with van der Waals surface area (Å²) in [5.74, 6) is 0.636. The molecule has 1 amide bonds. The summed E-state index contributed by atoms with van der Waals surface area (Å²) in [5, 5.41) is 16.1. The molecule has 0 aliphatic rings. The third-order valence-electron chi connectivity index (χ3n) is 2.87. The molecule has 2 N–H and O–H groups in total. The number of methoxy groups -OCH3 is 1. The first-order valence-corrected chi connectivity index (χ1v) is 6.72. The minimum absolute atomic E-state index is 0.179. The van der Waals surface area contributed by atoms with Gasteiger partial charge in [0.05, 0.1) is 12.0 Å². The summed E-state index contributed by atoms with van der Waals surface area (Å²) >= 11 is 0. The van der Waals surface area contributed by atoms with E-state index in [1.54, 1.807) is 24.3 Å². The van der Waals surface area contributed by atoms with Crippen LogP contribution in [0, 0.1) is 10.1 Å². The highest BCUT2D eigenvalue weighted by atomic mass is 16.6. The van der Waals surface area contributed by atoms with Crippen molar-refractivity contribution in [1.29, 1.82) is 0 Å². The van der Waals surface area contributed by atoms with Gasteiger partial charge in [-0.05, 0) is 18.2 Å². The number of carbonyl (C=O) groups excluding carboxylic acids is 1. The number of amides is 1. The molecule has 1 heterocycles. The lowest BCUT2D eigenvalue weighted by atomic mass is 10.2. The number of nitro groups is 1. The fourth-order valence-corrected chi connectivity index (χ4v) is 1.72. The zero-order chi connectivity index (χ0) is 16.7. The standard InChI is InChI=1S/C14H15N5O4/c1-23-12-4-2-3-10(7-12)13(20)15-5-6-16-14-17-8-11(9-18-14)19(21)22/h2-4,7-9H,5-6H2,1H3,(H,15,20)(H,16,17,18). The number of nitrogens with one attached hydrogen (secondary N) is 2. The van der Waals surface area contributed by atoms with Crippen molar-refractivity contribution in [2.45, 2.75) is 0 Å². The fraction of sp³-hybridized carbons (Fsp3) is 0.214. The Labute approximate surface area is 131 Å². The number of hydrogen-bond donors (Lipinski definition) is 2. The van der Waals surface area contributed by atoms with Gasteiger partial charge in [0.25, 0.3) is 5.91 Å². The first-order valence-electron chi connectivity index (χ1n) is 6.72. The average molecular weight is 317 g/mol. The Kier molecular flexibility index (Phi) is 5.40. The molecule has 0 bridgehead atoms. The minimum Gasteiger partial charge on any atom is -0.497 e. The van der Waals surface area contributed by atoms with E-state index < -0.39 is 4.92 Å². The minimum atomic E-state index is -0.571. The van der Waals surface area contributed by atoms with Gasteiger partial charge in [0, 0.05) is 18.7 Å². The van der Waals surface area contributed by atoms with Crippen molar-refractivity contribution in [2.75, 3.05) is 25.5 Å².